The van der Waals surface area contributed by atoms with Crippen LogP contribution in [0.3, 0.4) is 0 Å². The summed E-state index contributed by atoms with van der Waals surface area (Å²) in [6, 6.07) is 6.90. The van der Waals surface area contributed by atoms with E-state index in [4.69, 9.17) is 0 Å². The predicted octanol–water partition coefficient (Wildman–Crippen LogP) is 3.12. The molecule has 2 heteroatoms. The summed E-state index contributed by atoms with van der Waals surface area (Å²) in [6.45, 7) is 5.30. The Hall–Kier alpha value is -1.28. The number of nitrogens with one attached hydrogen (secondary N) is 1. The molecule has 18 heavy (non-hydrogen) atoms. The molecule has 0 unspecified atom stereocenters. The van der Waals surface area contributed by atoms with Crippen LogP contribution in [0.1, 0.15) is 30.9 Å². The lowest BCUT2D eigenvalue weighted by atomic mass is 9.99. The summed E-state index contributed by atoms with van der Waals surface area (Å²) in [4.78, 5) is 2.36. The predicted molar refractivity (Wildman–Crippen MR) is 79.2 cm³/mol. The van der Waals surface area contributed by atoms with Crippen molar-refractivity contribution in [2.75, 3.05) is 25.0 Å². The van der Waals surface area contributed by atoms with E-state index in [1.807, 2.05) is 0 Å². The molecule has 0 amide bonds. The molecule has 2 rings (SSSR count). The molecule has 1 aliphatic rings. The van der Waals surface area contributed by atoms with Crippen LogP contribution in [0.5, 0.6) is 0 Å². The first-order valence-electron chi connectivity index (χ1n) is 6.96. The first-order valence-corrected chi connectivity index (χ1v) is 6.96. The monoisotopic (exact) mass is 244 g/mol. The Kier molecular flexibility index (Phi) is 4.82. The molecule has 1 aliphatic heterocycles. The van der Waals surface area contributed by atoms with Gasteiger partial charge in [0.05, 0.1) is 0 Å². The molecule has 0 aliphatic carbocycles. The number of anilines is 1. The van der Waals surface area contributed by atoms with Gasteiger partial charge >= 0.3 is 0 Å². The van der Waals surface area contributed by atoms with Crippen LogP contribution in [0.15, 0.2) is 30.4 Å². The largest absolute Gasteiger partial charge is 0.374 e. The normalized spacial score (nSPS) is 15.1. The van der Waals surface area contributed by atoms with E-state index in [9.17, 15) is 0 Å². The van der Waals surface area contributed by atoms with Gasteiger partial charge in [0.25, 0.3) is 0 Å². The van der Waals surface area contributed by atoms with Crippen molar-refractivity contribution >= 4 is 5.69 Å². The third kappa shape index (κ3) is 3.36. The van der Waals surface area contributed by atoms with E-state index in [1.165, 1.54) is 36.2 Å². The number of aryl methyl sites for hydroxylation is 1. The second-order valence-corrected chi connectivity index (χ2v) is 5.02. The number of benzene rings is 1. The van der Waals surface area contributed by atoms with Crippen molar-refractivity contribution in [3.63, 3.8) is 0 Å². The lowest BCUT2D eigenvalue weighted by Gasteiger charge is -2.27. The average molecular weight is 244 g/mol. The van der Waals surface area contributed by atoms with Gasteiger partial charge in [-0.05, 0) is 49.9 Å². The third-order valence-corrected chi connectivity index (χ3v) is 3.55. The molecule has 0 radical (unpaired) electrons. The quantitative estimate of drug-likeness (QED) is 0.632. The maximum Gasteiger partial charge on any atom is 0.0396 e. The Morgan fingerprint density at radius 1 is 1.39 bits per heavy atom. The van der Waals surface area contributed by atoms with Crippen molar-refractivity contribution in [1.82, 2.24) is 5.32 Å². The Bertz CT molecular complexity index is 410. The zero-order valence-corrected chi connectivity index (χ0v) is 11.6. The molecular weight excluding hydrogens is 220 g/mol. The number of nitrogens with zero attached hydrogens (tertiary/aromatic N) is 1. The van der Waals surface area contributed by atoms with Gasteiger partial charge in [0.2, 0.25) is 0 Å². The molecule has 0 bridgehead atoms. The minimum atomic E-state index is 0.981. The summed E-state index contributed by atoms with van der Waals surface area (Å²) in [6.07, 6.45) is 7.93. The first-order chi connectivity index (χ1) is 8.81. The van der Waals surface area contributed by atoms with Crippen molar-refractivity contribution in [3.8, 4) is 0 Å². The average Bonchev–Trinajstić information content (AvgIpc) is 2.39. The molecule has 0 saturated heterocycles. The van der Waals surface area contributed by atoms with E-state index in [0.29, 0.717) is 0 Å². The Morgan fingerprint density at radius 2 is 2.28 bits per heavy atom. The minimum absolute atomic E-state index is 0.981. The van der Waals surface area contributed by atoms with E-state index in [1.54, 1.807) is 0 Å². The third-order valence-electron chi connectivity index (χ3n) is 3.55. The van der Waals surface area contributed by atoms with Crippen molar-refractivity contribution in [2.45, 2.75) is 32.7 Å². The smallest absolute Gasteiger partial charge is 0.0396 e. The SMILES string of the molecule is C/C=C/CCNCc1ccc2c(c1)CCCN2C. The van der Waals surface area contributed by atoms with E-state index < -0.39 is 0 Å². The maximum absolute atomic E-state index is 3.49. The van der Waals surface area contributed by atoms with Crippen LogP contribution in [0.2, 0.25) is 0 Å². The van der Waals surface area contributed by atoms with Gasteiger partial charge in [0.1, 0.15) is 0 Å². The molecule has 98 valence electrons. The summed E-state index contributed by atoms with van der Waals surface area (Å²) in [7, 11) is 2.19. The van der Waals surface area contributed by atoms with E-state index in [0.717, 1.165) is 19.5 Å². The highest BCUT2D eigenvalue weighted by Gasteiger charge is 2.13. The molecular formula is C16H24N2. The summed E-state index contributed by atoms with van der Waals surface area (Å²) in [5.41, 5.74) is 4.33. The van der Waals surface area contributed by atoms with Crippen LogP contribution >= 0.6 is 0 Å². The van der Waals surface area contributed by atoms with Gasteiger partial charge in [0, 0.05) is 25.8 Å². The number of fused-ring (bicyclic) bond motifs is 1. The topological polar surface area (TPSA) is 15.3 Å². The summed E-state index contributed by atoms with van der Waals surface area (Å²) in [5, 5.41) is 3.49. The Morgan fingerprint density at radius 3 is 3.11 bits per heavy atom. The first kappa shape index (κ1) is 13.2. The van der Waals surface area contributed by atoms with E-state index >= 15 is 0 Å². The van der Waals surface area contributed by atoms with Crippen LogP contribution in [0.4, 0.5) is 5.69 Å². The highest BCUT2D eigenvalue weighted by molar-refractivity contribution is 5.56. The second kappa shape index (κ2) is 6.60. The van der Waals surface area contributed by atoms with Gasteiger partial charge in [-0.2, -0.15) is 0 Å². The van der Waals surface area contributed by atoms with Gasteiger partial charge in [-0.25, -0.2) is 0 Å². The molecule has 0 fully saturated rings. The standard InChI is InChI=1S/C16H24N2/c1-3-4-5-10-17-13-14-8-9-16-15(12-14)7-6-11-18(16)2/h3-4,8-9,12,17H,5-7,10-11,13H2,1-2H3/b4-3+. The second-order valence-electron chi connectivity index (χ2n) is 5.02. The molecule has 1 aromatic rings. The van der Waals surface area contributed by atoms with Crippen molar-refractivity contribution in [2.24, 2.45) is 0 Å². The van der Waals surface area contributed by atoms with E-state index in [-0.39, 0.29) is 0 Å². The fourth-order valence-corrected chi connectivity index (χ4v) is 2.53. The zero-order chi connectivity index (χ0) is 12.8. The summed E-state index contributed by atoms with van der Waals surface area (Å²) >= 11 is 0. The lowest BCUT2D eigenvalue weighted by molar-refractivity contribution is 0.691. The van der Waals surface area contributed by atoms with Crippen LogP contribution in [-0.2, 0) is 13.0 Å². The minimum Gasteiger partial charge on any atom is -0.374 e. The van der Waals surface area contributed by atoms with Crippen LogP contribution in [0.25, 0.3) is 0 Å². The fourth-order valence-electron chi connectivity index (χ4n) is 2.53. The van der Waals surface area contributed by atoms with Crippen LogP contribution in [-0.4, -0.2) is 20.1 Å². The molecule has 1 aromatic carbocycles. The lowest BCUT2D eigenvalue weighted by Crippen LogP contribution is -2.25. The van der Waals surface area contributed by atoms with E-state index in [2.05, 4.69) is 54.5 Å². The van der Waals surface area contributed by atoms with Gasteiger partial charge < -0.3 is 10.2 Å². The molecule has 0 spiro atoms. The van der Waals surface area contributed by atoms with Crippen LogP contribution < -0.4 is 10.2 Å². The molecule has 0 atom stereocenters. The van der Waals surface area contributed by atoms with Crippen molar-refractivity contribution in [1.29, 1.82) is 0 Å². The number of hydrogen-bond donors (Lipinski definition) is 1. The van der Waals surface area contributed by atoms with Gasteiger partial charge in [-0.3, -0.25) is 0 Å². The highest BCUT2D eigenvalue weighted by Crippen LogP contribution is 2.26. The molecule has 1 heterocycles. The highest BCUT2D eigenvalue weighted by atomic mass is 15.1. The number of hydrogen-bond acceptors (Lipinski definition) is 2. The number of rotatable bonds is 5. The molecule has 0 saturated carbocycles. The number of allylic oxidation sites excluding steroid dienone is 1. The Labute approximate surface area is 111 Å². The van der Waals surface area contributed by atoms with Gasteiger partial charge in [-0.15, -0.1) is 0 Å². The van der Waals surface area contributed by atoms with Gasteiger partial charge in [0.15, 0.2) is 0 Å². The zero-order valence-electron chi connectivity index (χ0n) is 11.6. The Balaban J connectivity index is 1.90. The summed E-state index contributed by atoms with van der Waals surface area (Å²) in [5.74, 6) is 0. The molecule has 1 N–H and O–H groups in total. The van der Waals surface area contributed by atoms with Gasteiger partial charge in [-0.1, -0.05) is 24.3 Å². The fraction of sp³-hybridized carbons (Fsp3) is 0.500. The molecule has 0 aromatic heterocycles. The summed E-state index contributed by atoms with van der Waals surface area (Å²) < 4.78 is 0. The van der Waals surface area contributed by atoms with Crippen molar-refractivity contribution in [3.05, 3.63) is 41.5 Å². The van der Waals surface area contributed by atoms with Crippen LogP contribution in [0, 0.1) is 0 Å². The molecule has 2 nitrogen and oxygen atoms in total. The maximum atomic E-state index is 3.49. The van der Waals surface area contributed by atoms with Crippen molar-refractivity contribution < 1.29 is 0 Å².